The molecule has 3 heterocycles. The Morgan fingerprint density at radius 1 is 1.20 bits per heavy atom. The van der Waals surface area contributed by atoms with Crippen molar-refractivity contribution in [2.45, 2.75) is 36.7 Å². The Bertz CT molecular complexity index is 1030. The van der Waals surface area contributed by atoms with Crippen LogP contribution in [0.15, 0.2) is 53.1 Å². The number of ether oxygens (including phenoxy) is 2. The minimum atomic E-state index is -1.47. The molecule has 5 rings (SSSR count). The Morgan fingerprint density at radius 2 is 2.10 bits per heavy atom. The van der Waals surface area contributed by atoms with E-state index in [0.717, 1.165) is 29.6 Å². The van der Waals surface area contributed by atoms with Crippen LogP contribution >= 0.6 is 11.9 Å². The first kappa shape index (κ1) is 20.1. The molecule has 0 saturated carbocycles. The maximum atomic E-state index is 9.87. The van der Waals surface area contributed by atoms with Gasteiger partial charge in [-0.2, -0.15) is 0 Å². The van der Waals surface area contributed by atoms with E-state index in [2.05, 4.69) is 22.9 Å². The van der Waals surface area contributed by atoms with Gasteiger partial charge >= 0.3 is 7.12 Å². The van der Waals surface area contributed by atoms with Crippen molar-refractivity contribution < 1.29 is 23.9 Å². The topological polar surface area (TPSA) is 84.1 Å². The third-order valence-corrected chi connectivity index (χ3v) is 6.94. The van der Waals surface area contributed by atoms with E-state index < -0.39 is 13.1 Å². The van der Waals surface area contributed by atoms with Gasteiger partial charge < -0.3 is 23.9 Å². The van der Waals surface area contributed by atoms with Gasteiger partial charge in [-0.05, 0) is 34.7 Å². The molecule has 2 aromatic carbocycles. The van der Waals surface area contributed by atoms with Gasteiger partial charge in [-0.15, -0.1) is 0 Å². The van der Waals surface area contributed by atoms with E-state index in [-0.39, 0.29) is 5.60 Å². The van der Waals surface area contributed by atoms with E-state index in [1.54, 1.807) is 6.26 Å². The average molecular weight is 425 g/mol. The van der Waals surface area contributed by atoms with Crippen LogP contribution < -0.4 is 4.72 Å². The van der Waals surface area contributed by atoms with Crippen molar-refractivity contribution in [3.8, 4) is 0 Å². The van der Waals surface area contributed by atoms with Crippen LogP contribution in [-0.4, -0.2) is 36.3 Å². The van der Waals surface area contributed by atoms with Gasteiger partial charge in [0.2, 0.25) is 0 Å². The highest BCUT2D eigenvalue weighted by Crippen LogP contribution is 2.43. The highest BCUT2D eigenvalue weighted by atomic mass is 32.2. The number of hydrogen-bond acceptors (Lipinski definition) is 7. The normalized spacial score (nSPS) is 21.4. The van der Waals surface area contributed by atoms with Crippen molar-refractivity contribution in [3.05, 3.63) is 71.0 Å². The van der Waals surface area contributed by atoms with Gasteiger partial charge in [0.05, 0.1) is 25.4 Å². The molecule has 1 unspecified atom stereocenters. The monoisotopic (exact) mass is 425 g/mol. The van der Waals surface area contributed by atoms with Gasteiger partial charge in [-0.1, -0.05) is 48.3 Å². The summed E-state index contributed by atoms with van der Waals surface area (Å²) in [5, 5.41) is 20.7. The van der Waals surface area contributed by atoms with E-state index in [0.29, 0.717) is 25.4 Å². The molecule has 2 aliphatic rings. The fraction of sp³-hybridized carbons (Fsp3) is 0.364. The molecule has 0 radical (unpaired) electrons. The zero-order valence-corrected chi connectivity index (χ0v) is 17.4. The second kappa shape index (κ2) is 8.38. The van der Waals surface area contributed by atoms with Crippen molar-refractivity contribution in [1.82, 2.24) is 4.72 Å². The lowest BCUT2D eigenvalue weighted by Gasteiger charge is -2.22. The summed E-state index contributed by atoms with van der Waals surface area (Å²) < 4.78 is 20.5. The van der Waals surface area contributed by atoms with Gasteiger partial charge in [-0.25, -0.2) is 0 Å². The highest BCUT2D eigenvalue weighted by molar-refractivity contribution is 7.96. The molecule has 8 heteroatoms. The lowest BCUT2D eigenvalue weighted by molar-refractivity contribution is -0.0421. The van der Waals surface area contributed by atoms with Gasteiger partial charge in [0.15, 0.2) is 0 Å². The van der Waals surface area contributed by atoms with Crippen LogP contribution in [0.25, 0.3) is 11.0 Å². The molecular weight excluding hydrogens is 401 g/mol. The van der Waals surface area contributed by atoms with E-state index in [1.807, 2.05) is 24.3 Å². The summed E-state index contributed by atoms with van der Waals surface area (Å²) in [5.41, 5.74) is 5.11. The quantitative estimate of drug-likeness (QED) is 0.397. The molecule has 3 aromatic rings. The zero-order valence-electron chi connectivity index (χ0n) is 16.5. The van der Waals surface area contributed by atoms with E-state index >= 15 is 0 Å². The van der Waals surface area contributed by atoms with Crippen molar-refractivity contribution >= 4 is 30.0 Å². The number of fused-ring (bicyclic) bond motifs is 3. The number of rotatable bonds is 7. The zero-order chi connectivity index (χ0) is 20.6. The van der Waals surface area contributed by atoms with E-state index in [9.17, 15) is 10.0 Å². The third kappa shape index (κ3) is 3.79. The molecule has 1 aromatic heterocycles. The smallest absolute Gasteiger partial charge is 0.464 e. The van der Waals surface area contributed by atoms with Crippen LogP contribution in [-0.2, 0) is 33.9 Å². The summed E-state index contributed by atoms with van der Waals surface area (Å²) >= 11 is 1.47. The van der Waals surface area contributed by atoms with Crippen molar-refractivity contribution in [2.24, 2.45) is 0 Å². The number of furan rings is 1. The largest absolute Gasteiger partial charge is 0.470 e. The fourth-order valence-electron chi connectivity index (χ4n) is 4.30. The van der Waals surface area contributed by atoms with Gasteiger partial charge in [0.1, 0.15) is 11.2 Å². The summed E-state index contributed by atoms with van der Waals surface area (Å²) in [6, 6.07) is 14.2. The average Bonchev–Trinajstić information content (AvgIpc) is 3.48. The maximum Gasteiger partial charge on any atom is 0.470 e. The minimum absolute atomic E-state index is 0.282. The second-order valence-electron chi connectivity index (χ2n) is 7.96. The van der Waals surface area contributed by atoms with Crippen LogP contribution in [0.2, 0.25) is 0 Å². The SMILES string of the molecule is OB(O)[C@H](Cc1coc2ccccc12)NSCc1ccc2c(c1)C1(CCOC1)OC2. The second-order valence-corrected chi connectivity index (χ2v) is 8.78. The van der Waals surface area contributed by atoms with Gasteiger partial charge in [0, 0.05) is 24.2 Å². The van der Waals surface area contributed by atoms with Crippen LogP contribution in [0, 0.1) is 0 Å². The predicted octanol–water partition coefficient (Wildman–Crippen LogP) is 2.94. The maximum absolute atomic E-state index is 9.87. The van der Waals surface area contributed by atoms with Gasteiger partial charge in [-0.3, -0.25) is 4.72 Å². The Labute approximate surface area is 179 Å². The molecule has 1 saturated heterocycles. The Morgan fingerprint density at radius 3 is 2.93 bits per heavy atom. The molecule has 156 valence electrons. The molecule has 0 aliphatic carbocycles. The molecule has 2 atom stereocenters. The number of nitrogens with one attached hydrogen (secondary N) is 1. The first-order valence-electron chi connectivity index (χ1n) is 10.2. The molecule has 1 fully saturated rings. The summed E-state index contributed by atoms with van der Waals surface area (Å²) in [7, 11) is -1.47. The van der Waals surface area contributed by atoms with Crippen LogP contribution in [0.4, 0.5) is 0 Å². The molecular formula is C22H24BNO5S. The molecule has 0 bridgehead atoms. The van der Waals surface area contributed by atoms with Gasteiger partial charge in [0.25, 0.3) is 0 Å². The first-order chi connectivity index (χ1) is 14.6. The highest BCUT2D eigenvalue weighted by Gasteiger charge is 2.43. The summed E-state index contributed by atoms with van der Waals surface area (Å²) in [6.07, 6.45) is 3.04. The van der Waals surface area contributed by atoms with Crippen LogP contribution in [0.5, 0.6) is 0 Å². The fourth-order valence-corrected chi connectivity index (χ4v) is 5.15. The molecule has 1 spiro atoms. The van der Waals surface area contributed by atoms with Crippen LogP contribution in [0.3, 0.4) is 0 Å². The van der Waals surface area contributed by atoms with Crippen LogP contribution in [0.1, 0.15) is 28.7 Å². The number of hydrogen-bond donors (Lipinski definition) is 3. The molecule has 0 amide bonds. The lowest BCUT2D eigenvalue weighted by atomic mass is 9.77. The molecule has 30 heavy (non-hydrogen) atoms. The standard InChI is InChI=1S/C22H24BNO5S/c25-23(26)21(10-17-11-28-20-4-2-1-3-18(17)20)24-30-13-15-5-6-16-12-29-22(19(16)9-15)7-8-27-14-22/h1-6,9,11,21,24-26H,7-8,10,12-14H2/t21-,22?/m0/s1. The van der Waals surface area contributed by atoms with Crippen molar-refractivity contribution in [2.75, 3.05) is 13.2 Å². The Balaban J connectivity index is 1.24. The predicted molar refractivity (Wildman–Crippen MR) is 117 cm³/mol. The van der Waals surface area contributed by atoms with E-state index in [4.69, 9.17) is 13.9 Å². The summed E-state index contributed by atoms with van der Waals surface area (Å²) in [6.45, 7) is 1.99. The van der Waals surface area contributed by atoms with Crippen molar-refractivity contribution in [3.63, 3.8) is 0 Å². The molecule has 6 nitrogen and oxygen atoms in total. The number of para-hydroxylation sites is 1. The van der Waals surface area contributed by atoms with E-state index in [1.165, 1.54) is 28.6 Å². The van der Waals surface area contributed by atoms with Crippen molar-refractivity contribution in [1.29, 1.82) is 0 Å². The molecule has 2 aliphatic heterocycles. The number of benzene rings is 2. The summed E-state index contributed by atoms with van der Waals surface area (Å²) in [4.78, 5) is 0. The summed E-state index contributed by atoms with van der Waals surface area (Å²) in [5.74, 6) is 0.197. The Kier molecular flexibility index (Phi) is 5.62. The Hall–Kier alpha value is -1.81. The minimum Gasteiger partial charge on any atom is -0.464 e. The lowest BCUT2D eigenvalue weighted by Crippen LogP contribution is -2.42. The molecule has 3 N–H and O–H groups in total. The third-order valence-electron chi connectivity index (χ3n) is 5.99. The first-order valence-corrected chi connectivity index (χ1v) is 11.2.